The Morgan fingerprint density at radius 3 is 2.57 bits per heavy atom. The number of carbonyl (C=O) groups excluding carboxylic acids is 1. The lowest BCUT2D eigenvalue weighted by Crippen LogP contribution is -2.48. The van der Waals surface area contributed by atoms with E-state index in [1.807, 2.05) is 24.3 Å². The molecule has 0 aromatic heterocycles. The van der Waals surface area contributed by atoms with Gasteiger partial charge in [-0.05, 0) is 24.6 Å². The number of anilines is 2. The SMILES string of the molecule is COc1cccc(N2CCN(CC(=O)Nc3c(C)cccc3[N+](=O)[O-])CC2)c1. The van der Waals surface area contributed by atoms with Gasteiger partial charge in [0.25, 0.3) is 5.69 Å². The number of nitro benzene ring substituents is 1. The normalized spacial score (nSPS) is 14.6. The minimum atomic E-state index is -0.477. The van der Waals surface area contributed by atoms with Crippen molar-refractivity contribution in [3.05, 3.63) is 58.1 Å². The maximum atomic E-state index is 12.4. The first-order valence-electron chi connectivity index (χ1n) is 9.13. The molecular formula is C20H24N4O4. The van der Waals surface area contributed by atoms with E-state index in [2.05, 4.69) is 15.1 Å². The molecule has 0 radical (unpaired) electrons. The van der Waals surface area contributed by atoms with Gasteiger partial charge in [-0.2, -0.15) is 0 Å². The number of ether oxygens (including phenoxy) is 1. The summed E-state index contributed by atoms with van der Waals surface area (Å²) in [5.74, 6) is 0.575. The van der Waals surface area contributed by atoms with E-state index in [-0.39, 0.29) is 23.8 Å². The number of nitro groups is 1. The van der Waals surface area contributed by atoms with E-state index in [9.17, 15) is 14.9 Å². The average Bonchev–Trinajstić information content (AvgIpc) is 2.70. The molecule has 0 bridgehead atoms. The topological polar surface area (TPSA) is 88.0 Å². The number of piperazine rings is 1. The van der Waals surface area contributed by atoms with Gasteiger partial charge in [0.05, 0.1) is 18.6 Å². The summed E-state index contributed by atoms with van der Waals surface area (Å²) in [5.41, 5.74) is 1.95. The Morgan fingerprint density at radius 1 is 1.18 bits per heavy atom. The minimum Gasteiger partial charge on any atom is -0.497 e. The summed E-state index contributed by atoms with van der Waals surface area (Å²) in [6.45, 7) is 5.02. The zero-order valence-electron chi connectivity index (χ0n) is 16.1. The van der Waals surface area contributed by atoms with Crippen LogP contribution in [-0.4, -0.2) is 55.6 Å². The summed E-state index contributed by atoms with van der Waals surface area (Å²) in [7, 11) is 1.65. The first-order chi connectivity index (χ1) is 13.5. The molecule has 1 fully saturated rings. The van der Waals surface area contributed by atoms with E-state index < -0.39 is 4.92 Å². The molecule has 148 valence electrons. The second-order valence-electron chi connectivity index (χ2n) is 6.74. The molecule has 1 aliphatic heterocycles. The summed E-state index contributed by atoms with van der Waals surface area (Å²) in [6, 6.07) is 12.7. The Labute approximate surface area is 163 Å². The van der Waals surface area contributed by atoms with Crippen molar-refractivity contribution in [1.29, 1.82) is 0 Å². The van der Waals surface area contributed by atoms with Crippen molar-refractivity contribution in [3.63, 3.8) is 0 Å². The number of carbonyl (C=O) groups is 1. The highest BCUT2D eigenvalue weighted by molar-refractivity contribution is 5.95. The number of para-hydroxylation sites is 1. The fourth-order valence-corrected chi connectivity index (χ4v) is 3.32. The first-order valence-corrected chi connectivity index (χ1v) is 9.13. The summed E-state index contributed by atoms with van der Waals surface area (Å²) < 4.78 is 5.27. The van der Waals surface area contributed by atoms with E-state index in [1.165, 1.54) is 6.07 Å². The monoisotopic (exact) mass is 384 g/mol. The van der Waals surface area contributed by atoms with E-state index in [0.29, 0.717) is 5.56 Å². The molecule has 1 aliphatic rings. The van der Waals surface area contributed by atoms with Crippen molar-refractivity contribution in [3.8, 4) is 5.75 Å². The molecule has 3 rings (SSSR count). The van der Waals surface area contributed by atoms with Crippen LogP contribution in [0.3, 0.4) is 0 Å². The Morgan fingerprint density at radius 2 is 1.89 bits per heavy atom. The van der Waals surface area contributed by atoms with Gasteiger partial charge >= 0.3 is 0 Å². The number of rotatable bonds is 6. The van der Waals surface area contributed by atoms with Crippen LogP contribution < -0.4 is 15.0 Å². The van der Waals surface area contributed by atoms with Crippen molar-refractivity contribution in [2.24, 2.45) is 0 Å². The quantitative estimate of drug-likeness (QED) is 0.609. The summed E-state index contributed by atoms with van der Waals surface area (Å²) >= 11 is 0. The molecule has 0 saturated carbocycles. The number of nitrogens with zero attached hydrogens (tertiary/aromatic N) is 3. The number of methoxy groups -OCH3 is 1. The predicted molar refractivity (Wildman–Crippen MR) is 108 cm³/mol. The van der Waals surface area contributed by atoms with Gasteiger partial charge in [-0.3, -0.25) is 19.8 Å². The molecule has 1 saturated heterocycles. The zero-order chi connectivity index (χ0) is 20.1. The number of hydrogen-bond donors (Lipinski definition) is 1. The maximum absolute atomic E-state index is 12.4. The van der Waals surface area contributed by atoms with Crippen LogP contribution in [0, 0.1) is 17.0 Å². The molecular weight excluding hydrogens is 360 g/mol. The third-order valence-corrected chi connectivity index (χ3v) is 4.87. The third kappa shape index (κ3) is 4.58. The third-order valence-electron chi connectivity index (χ3n) is 4.87. The van der Waals surface area contributed by atoms with E-state index in [4.69, 9.17) is 4.74 Å². The molecule has 0 aliphatic carbocycles. The maximum Gasteiger partial charge on any atom is 0.293 e. The predicted octanol–water partition coefficient (Wildman–Crippen LogP) is 2.67. The van der Waals surface area contributed by atoms with Crippen molar-refractivity contribution in [1.82, 2.24) is 4.90 Å². The van der Waals surface area contributed by atoms with Crippen LogP contribution in [0.1, 0.15) is 5.56 Å². The van der Waals surface area contributed by atoms with Gasteiger partial charge in [0.1, 0.15) is 11.4 Å². The largest absolute Gasteiger partial charge is 0.497 e. The van der Waals surface area contributed by atoms with Crippen molar-refractivity contribution < 1.29 is 14.5 Å². The van der Waals surface area contributed by atoms with E-state index >= 15 is 0 Å². The zero-order valence-corrected chi connectivity index (χ0v) is 16.1. The Kier molecular flexibility index (Phi) is 6.10. The van der Waals surface area contributed by atoms with Crippen LogP contribution in [0.4, 0.5) is 17.1 Å². The van der Waals surface area contributed by atoms with Crippen molar-refractivity contribution >= 4 is 23.0 Å². The van der Waals surface area contributed by atoms with Gasteiger partial charge < -0.3 is 15.0 Å². The number of nitrogens with one attached hydrogen (secondary N) is 1. The molecule has 8 heteroatoms. The Balaban J connectivity index is 1.56. The lowest BCUT2D eigenvalue weighted by atomic mass is 10.1. The van der Waals surface area contributed by atoms with Crippen LogP contribution in [0.5, 0.6) is 5.75 Å². The van der Waals surface area contributed by atoms with Gasteiger partial charge in [-0.25, -0.2) is 0 Å². The highest BCUT2D eigenvalue weighted by atomic mass is 16.6. The second kappa shape index (κ2) is 8.71. The van der Waals surface area contributed by atoms with Crippen molar-refractivity contribution in [2.75, 3.05) is 50.1 Å². The number of aryl methyl sites for hydroxylation is 1. The van der Waals surface area contributed by atoms with Crippen LogP contribution in [0.15, 0.2) is 42.5 Å². The summed E-state index contributed by atoms with van der Waals surface area (Å²) in [5, 5.41) is 13.9. The Hall–Kier alpha value is -3.13. The Bertz CT molecular complexity index is 863. The van der Waals surface area contributed by atoms with Crippen LogP contribution >= 0.6 is 0 Å². The summed E-state index contributed by atoms with van der Waals surface area (Å²) in [6.07, 6.45) is 0. The highest BCUT2D eigenvalue weighted by Gasteiger charge is 2.22. The molecule has 1 N–H and O–H groups in total. The van der Waals surface area contributed by atoms with Crippen LogP contribution in [0.25, 0.3) is 0 Å². The smallest absolute Gasteiger partial charge is 0.293 e. The fraction of sp³-hybridized carbons (Fsp3) is 0.350. The minimum absolute atomic E-state index is 0.0869. The standard InChI is InChI=1S/C20H24N4O4/c1-15-5-3-8-18(24(26)27)20(15)21-19(25)14-22-9-11-23(12-10-22)16-6-4-7-17(13-16)28-2/h3-8,13H,9-12,14H2,1-2H3,(H,21,25). The molecule has 8 nitrogen and oxygen atoms in total. The van der Waals surface area contributed by atoms with E-state index in [1.54, 1.807) is 26.2 Å². The van der Waals surface area contributed by atoms with Gasteiger partial charge in [-0.1, -0.05) is 18.2 Å². The molecule has 1 amide bonds. The lowest BCUT2D eigenvalue weighted by molar-refractivity contribution is -0.384. The molecule has 1 heterocycles. The molecule has 0 atom stereocenters. The van der Waals surface area contributed by atoms with Crippen molar-refractivity contribution in [2.45, 2.75) is 6.92 Å². The lowest BCUT2D eigenvalue weighted by Gasteiger charge is -2.35. The van der Waals surface area contributed by atoms with E-state index in [0.717, 1.165) is 37.6 Å². The molecule has 28 heavy (non-hydrogen) atoms. The van der Waals surface area contributed by atoms with Crippen LogP contribution in [-0.2, 0) is 4.79 Å². The fourth-order valence-electron chi connectivity index (χ4n) is 3.32. The number of hydrogen-bond acceptors (Lipinski definition) is 6. The van der Waals surface area contributed by atoms with Gasteiger partial charge in [0, 0.05) is 44.0 Å². The second-order valence-corrected chi connectivity index (χ2v) is 6.74. The average molecular weight is 384 g/mol. The summed E-state index contributed by atoms with van der Waals surface area (Å²) in [4.78, 5) is 27.5. The highest BCUT2D eigenvalue weighted by Crippen LogP contribution is 2.27. The molecule has 2 aromatic rings. The molecule has 0 spiro atoms. The number of amides is 1. The molecule has 0 unspecified atom stereocenters. The number of benzene rings is 2. The van der Waals surface area contributed by atoms with Gasteiger partial charge in [0.2, 0.25) is 5.91 Å². The first kappa shape index (κ1) is 19.6. The molecule has 2 aromatic carbocycles. The van der Waals surface area contributed by atoms with Crippen LogP contribution in [0.2, 0.25) is 0 Å². The van der Waals surface area contributed by atoms with Gasteiger partial charge in [-0.15, -0.1) is 0 Å². The van der Waals surface area contributed by atoms with Gasteiger partial charge in [0.15, 0.2) is 0 Å².